The summed E-state index contributed by atoms with van der Waals surface area (Å²) in [4.78, 5) is 19.1. The highest BCUT2D eigenvalue weighted by atomic mass is 32.1. The predicted molar refractivity (Wildman–Crippen MR) is 114 cm³/mol. The first-order valence-corrected chi connectivity index (χ1v) is 10.8. The van der Waals surface area contributed by atoms with Gasteiger partial charge in [0.25, 0.3) is 0 Å². The minimum Gasteiger partial charge on any atom is -0.333 e. The van der Waals surface area contributed by atoms with Gasteiger partial charge in [0.1, 0.15) is 10.8 Å². The molecule has 29 heavy (non-hydrogen) atoms. The molecule has 4 rings (SSSR count). The van der Waals surface area contributed by atoms with Gasteiger partial charge in [-0.15, -0.1) is 11.3 Å². The molecule has 1 aliphatic heterocycles. The van der Waals surface area contributed by atoms with Gasteiger partial charge in [0.15, 0.2) is 0 Å². The van der Waals surface area contributed by atoms with Crippen molar-refractivity contribution in [3.05, 3.63) is 76.4 Å². The fourth-order valence-electron chi connectivity index (χ4n) is 3.69. The Kier molecular flexibility index (Phi) is 6.32. The predicted octanol–water partition coefficient (Wildman–Crippen LogP) is 4.62. The second-order valence-electron chi connectivity index (χ2n) is 7.30. The third kappa shape index (κ3) is 5.08. The SMILES string of the molecule is O=C1CCC(CCNCc2ccc(F)cc2)N1Cc1nc(-c2ccccc2)cs1. The summed E-state index contributed by atoms with van der Waals surface area (Å²) in [6.45, 7) is 2.10. The largest absolute Gasteiger partial charge is 0.333 e. The average molecular weight is 410 g/mol. The number of aromatic nitrogens is 1. The van der Waals surface area contributed by atoms with E-state index >= 15 is 0 Å². The van der Waals surface area contributed by atoms with E-state index < -0.39 is 0 Å². The van der Waals surface area contributed by atoms with Crippen molar-refractivity contribution in [3.8, 4) is 11.3 Å². The smallest absolute Gasteiger partial charge is 0.223 e. The van der Waals surface area contributed by atoms with Crippen LogP contribution >= 0.6 is 11.3 Å². The number of thiazole rings is 1. The van der Waals surface area contributed by atoms with E-state index in [2.05, 4.69) is 22.8 Å². The first kappa shape index (κ1) is 19.7. The van der Waals surface area contributed by atoms with Crippen LogP contribution in [-0.2, 0) is 17.9 Å². The van der Waals surface area contributed by atoms with E-state index in [1.165, 1.54) is 12.1 Å². The molecular weight excluding hydrogens is 385 g/mol. The van der Waals surface area contributed by atoms with Crippen LogP contribution in [0.2, 0.25) is 0 Å². The molecule has 2 aromatic carbocycles. The van der Waals surface area contributed by atoms with Crippen molar-refractivity contribution in [3.63, 3.8) is 0 Å². The minimum absolute atomic E-state index is 0.213. The molecule has 0 bridgehead atoms. The van der Waals surface area contributed by atoms with E-state index in [1.807, 2.05) is 23.1 Å². The molecule has 1 N–H and O–H groups in total. The lowest BCUT2D eigenvalue weighted by Gasteiger charge is -2.24. The number of benzene rings is 2. The average Bonchev–Trinajstić information content (AvgIpc) is 3.35. The van der Waals surface area contributed by atoms with Gasteiger partial charge >= 0.3 is 0 Å². The summed E-state index contributed by atoms with van der Waals surface area (Å²) in [5, 5.41) is 6.43. The quantitative estimate of drug-likeness (QED) is 0.552. The van der Waals surface area contributed by atoms with Gasteiger partial charge in [-0.2, -0.15) is 0 Å². The van der Waals surface area contributed by atoms with Gasteiger partial charge in [0, 0.05) is 30.0 Å². The molecule has 0 saturated carbocycles. The Bertz CT molecular complexity index is 942. The van der Waals surface area contributed by atoms with Gasteiger partial charge in [-0.25, -0.2) is 9.37 Å². The zero-order valence-electron chi connectivity index (χ0n) is 16.2. The molecule has 1 atom stereocenters. The van der Waals surface area contributed by atoms with Crippen molar-refractivity contribution in [1.29, 1.82) is 0 Å². The van der Waals surface area contributed by atoms with Crippen molar-refractivity contribution >= 4 is 17.2 Å². The van der Waals surface area contributed by atoms with Crippen molar-refractivity contribution in [2.45, 2.75) is 38.4 Å². The number of nitrogens with one attached hydrogen (secondary N) is 1. The summed E-state index contributed by atoms with van der Waals surface area (Å²) in [5.41, 5.74) is 3.13. The van der Waals surface area contributed by atoms with Crippen LogP contribution in [0.1, 0.15) is 29.8 Å². The zero-order valence-corrected chi connectivity index (χ0v) is 17.0. The molecule has 1 aliphatic rings. The maximum absolute atomic E-state index is 13.0. The van der Waals surface area contributed by atoms with Crippen LogP contribution in [0.15, 0.2) is 60.0 Å². The molecule has 3 aromatic rings. The molecule has 150 valence electrons. The fraction of sp³-hybridized carbons (Fsp3) is 0.304. The summed E-state index contributed by atoms with van der Waals surface area (Å²) >= 11 is 1.61. The molecule has 2 heterocycles. The van der Waals surface area contributed by atoms with Crippen LogP contribution in [0.5, 0.6) is 0 Å². The van der Waals surface area contributed by atoms with Crippen molar-refractivity contribution in [2.75, 3.05) is 6.54 Å². The highest BCUT2D eigenvalue weighted by Gasteiger charge is 2.31. The Labute approximate surface area is 174 Å². The van der Waals surface area contributed by atoms with E-state index in [0.717, 1.165) is 41.2 Å². The van der Waals surface area contributed by atoms with E-state index in [9.17, 15) is 9.18 Å². The maximum Gasteiger partial charge on any atom is 0.223 e. The Morgan fingerprint density at radius 1 is 1.14 bits per heavy atom. The Morgan fingerprint density at radius 3 is 2.72 bits per heavy atom. The number of carbonyl (C=O) groups is 1. The van der Waals surface area contributed by atoms with Crippen LogP contribution in [0.3, 0.4) is 0 Å². The Hall–Kier alpha value is -2.57. The summed E-state index contributed by atoms with van der Waals surface area (Å²) < 4.78 is 13.0. The lowest BCUT2D eigenvalue weighted by atomic mass is 10.1. The molecule has 0 radical (unpaired) electrons. The summed E-state index contributed by atoms with van der Waals surface area (Å²) in [7, 11) is 0. The van der Waals surface area contributed by atoms with Crippen LogP contribution < -0.4 is 5.32 Å². The second kappa shape index (κ2) is 9.29. The van der Waals surface area contributed by atoms with Crippen molar-refractivity contribution in [1.82, 2.24) is 15.2 Å². The molecular formula is C23H24FN3OS. The van der Waals surface area contributed by atoms with Gasteiger partial charge in [-0.1, -0.05) is 42.5 Å². The Balaban J connectivity index is 1.30. The lowest BCUT2D eigenvalue weighted by molar-refractivity contribution is -0.129. The molecule has 1 unspecified atom stereocenters. The van der Waals surface area contributed by atoms with Gasteiger partial charge in [0.2, 0.25) is 5.91 Å². The number of hydrogen-bond acceptors (Lipinski definition) is 4. The number of hydrogen-bond donors (Lipinski definition) is 1. The zero-order chi connectivity index (χ0) is 20.1. The van der Waals surface area contributed by atoms with E-state index in [1.54, 1.807) is 23.5 Å². The molecule has 4 nitrogen and oxygen atoms in total. The van der Waals surface area contributed by atoms with Crippen LogP contribution in [-0.4, -0.2) is 28.4 Å². The lowest BCUT2D eigenvalue weighted by Crippen LogP contribution is -2.34. The number of halogens is 1. The molecule has 1 fully saturated rings. The third-order valence-corrected chi connectivity index (χ3v) is 6.11. The number of carbonyl (C=O) groups excluding carboxylic acids is 1. The Morgan fingerprint density at radius 2 is 1.93 bits per heavy atom. The number of nitrogens with zero attached hydrogens (tertiary/aromatic N) is 2. The highest BCUT2D eigenvalue weighted by molar-refractivity contribution is 7.09. The fourth-order valence-corrected chi connectivity index (χ4v) is 4.49. The number of likely N-dealkylation sites (tertiary alicyclic amines) is 1. The molecule has 0 aliphatic carbocycles. The first-order chi connectivity index (χ1) is 14.2. The third-order valence-electron chi connectivity index (χ3n) is 5.28. The van der Waals surface area contributed by atoms with E-state index in [4.69, 9.17) is 4.98 Å². The summed E-state index contributed by atoms with van der Waals surface area (Å²) in [5.74, 6) is -0.00327. The monoisotopic (exact) mass is 409 g/mol. The van der Waals surface area contributed by atoms with Crippen molar-refractivity contribution in [2.24, 2.45) is 0 Å². The molecule has 1 saturated heterocycles. The van der Waals surface area contributed by atoms with Crippen molar-refractivity contribution < 1.29 is 9.18 Å². The van der Waals surface area contributed by atoms with Gasteiger partial charge in [-0.3, -0.25) is 4.79 Å². The van der Waals surface area contributed by atoms with E-state index in [-0.39, 0.29) is 17.8 Å². The molecule has 1 aromatic heterocycles. The summed E-state index contributed by atoms with van der Waals surface area (Å²) in [6, 6.07) is 16.9. The second-order valence-corrected chi connectivity index (χ2v) is 8.24. The maximum atomic E-state index is 13.0. The van der Waals surface area contributed by atoms with Crippen LogP contribution in [0.4, 0.5) is 4.39 Å². The highest BCUT2D eigenvalue weighted by Crippen LogP contribution is 2.27. The topological polar surface area (TPSA) is 45.2 Å². The van der Waals surface area contributed by atoms with E-state index in [0.29, 0.717) is 19.5 Å². The summed E-state index contributed by atoms with van der Waals surface area (Å²) in [6.07, 6.45) is 2.41. The normalized spacial score (nSPS) is 16.5. The van der Waals surface area contributed by atoms with Gasteiger partial charge < -0.3 is 10.2 Å². The van der Waals surface area contributed by atoms with Crippen LogP contribution in [0.25, 0.3) is 11.3 Å². The molecule has 6 heteroatoms. The van der Waals surface area contributed by atoms with Crippen LogP contribution in [0, 0.1) is 5.82 Å². The molecule has 0 spiro atoms. The number of rotatable bonds is 8. The minimum atomic E-state index is -0.216. The number of amides is 1. The first-order valence-electron chi connectivity index (χ1n) is 9.93. The molecule has 1 amide bonds. The standard InChI is InChI=1S/C23H24FN3OS/c24-19-8-6-17(7-9-19)14-25-13-12-20-10-11-23(28)27(20)15-22-26-21(16-29-22)18-4-2-1-3-5-18/h1-9,16,20,25H,10-15H2. The van der Waals surface area contributed by atoms with Gasteiger partial charge in [-0.05, 0) is 37.1 Å². The van der Waals surface area contributed by atoms with Gasteiger partial charge in [0.05, 0.1) is 12.2 Å².